The number of nitrogens with zero attached hydrogens (tertiary/aromatic N) is 1. The summed E-state index contributed by atoms with van der Waals surface area (Å²) in [7, 11) is 0. The van der Waals surface area contributed by atoms with Gasteiger partial charge in [-0.25, -0.2) is 0 Å². The van der Waals surface area contributed by atoms with E-state index in [9.17, 15) is 0 Å². The van der Waals surface area contributed by atoms with Crippen LogP contribution in [-0.4, -0.2) is 6.26 Å². The minimum Gasteiger partial charge on any atom is -0.191 e. The molecule has 1 aromatic heterocycles. The zero-order chi connectivity index (χ0) is 10.1. The molecule has 70 valence electrons. The van der Waals surface area contributed by atoms with E-state index in [1.165, 1.54) is 15.6 Å². The molecule has 14 heavy (non-hydrogen) atoms. The molecule has 0 aliphatic heterocycles. The highest BCUT2D eigenvalue weighted by Crippen LogP contribution is 2.36. The molecule has 0 aliphatic carbocycles. The zero-order valence-corrected chi connectivity index (χ0v) is 9.63. The van der Waals surface area contributed by atoms with Crippen LogP contribution in [0.5, 0.6) is 0 Å². The lowest BCUT2D eigenvalue weighted by Crippen LogP contribution is -1.72. The fourth-order valence-electron chi connectivity index (χ4n) is 1.46. The summed E-state index contributed by atoms with van der Waals surface area (Å²) in [5.74, 6) is 0. The van der Waals surface area contributed by atoms with Crippen LogP contribution < -0.4 is 0 Å². The summed E-state index contributed by atoms with van der Waals surface area (Å²) in [4.78, 5) is 1.95. The molecule has 0 aliphatic rings. The summed E-state index contributed by atoms with van der Waals surface area (Å²) in [6.45, 7) is 2.07. The molecule has 1 heterocycles. The van der Waals surface area contributed by atoms with Crippen LogP contribution in [-0.2, 0) is 0 Å². The Balaban J connectivity index is 2.81. The smallest absolute Gasteiger partial charge is 0.119 e. The van der Waals surface area contributed by atoms with Gasteiger partial charge < -0.3 is 0 Å². The van der Waals surface area contributed by atoms with Gasteiger partial charge in [0.15, 0.2) is 0 Å². The SMILES string of the molecule is CSc1c(C#N)sc2cc(C)ccc12. The van der Waals surface area contributed by atoms with E-state index in [4.69, 9.17) is 5.26 Å². The highest BCUT2D eigenvalue weighted by Gasteiger charge is 2.10. The molecule has 0 bridgehead atoms. The third-order valence-electron chi connectivity index (χ3n) is 2.11. The number of thioether (sulfide) groups is 1. The molecule has 3 heteroatoms. The van der Waals surface area contributed by atoms with Gasteiger partial charge >= 0.3 is 0 Å². The largest absolute Gasteiger partial charge is 0.191 e. The Morgan fingerprint density at radius 1 is 1.43 bits per heavy atom. The average molecular weight is 219 g/mol. The number of hydrogen-bond acceptors (Lipinski definition) is 3. The Morgan fingerprint density at radius 2 is 2.21 bits per heavy atom. The van der Waals surface area contributed by atoms with E-state index >= 15 is 0 Å². The second-order valence-corrected chi connectivity index (χ2v) is 4.94. The lowest BCUT2D eigenvalue weighted by Gasteiger charge is -1.94. The van der Waals surface area contributed by atoms with Crippen LogP contribution in [0, 0.1) is 18.3 Å². The number of hydrogen-bond donors (Lipinski definition) is 0. The molecule has 2 rings (SSSR count). The molecule has 0 N–H and O–H groups in total. The van der Waals surface area contributed by atoms with E-state index in [1.807, 2.05) is 6.26 Å². The summed E-state index contributed by atoms with van der Waals surface area (Å²) >= 11 is 3.23. The van der Waals surface area contributed by atoms with E-state index in [0.29, 0.717) is 0 Å². The van der Waals surface area contributed by atoms with Crippen LogP contribution >= 0.6 is 23.1 Å². The van der Waals surface area contributed by atoms with Crippen molar-refractivity contribution in [1.29, 1.82) is 5.26 Å². The van der Waals surface area contributed by atoms with Crippen LogP contribution in [0.15, 0.2) is 23.1 Å². The van der Waals surface area contributed by atoms with E-state index < -0.39 is 0 Å². The van der Waals surface area contributed by atoms with Crippen molar-refractivity contribution < 1.29 is 0 Å². The maximum absolute atomic E-state index is 8.97. The molecule has 0 fully saturated rings. The molecular weight excluding hydrogens is 210 g/mol. The fourth-order valence-corrected chi connectivity index (χ4v) is 3.52. The first-order chi connectivity index (χ1) is 6.76. The standard InChI is InChI=1S/C11H9NS2/c1-7-3-4-8-9(5-7)14-10(6-12)11(8)13-2/h3-5H,1-2H3. The molecule has 0 saturated carbocycles. The van der Waals surface area contributed by atoms with Crippen LogP contribution in [0.2, 0.25) is 0 Å². The van der Waals surface area contributed by atoms with Crippen LogP contribution in [0.1, 0.15) is 10.4 Å². The maximum Gasteiger partial charge on any atom is 0.119 e. The molecule has 2 aromatic rings. The molecule has 0 amide bonds. The van der Waals surface area contributed by atoms with Crippen molar-refractivity contribution in [3.8, 4) is 6.07 Å². The van der Waals surface area contributed by atoms with Gasteiger partial charge in [0, 0.05) is 15.0 Å². The molecule has 0 radical (unpaired) electrons. The average Bonchev–Trinajstić information content (AvgIpc) is 2.54. The van der Waals surface area contributed by atoms with Crippen molar-refractivity contribution in [2.45, 2.75) is 11.8 Å². The zero-order valence-electron chi connectivity index (χ0n) is 8.00. The molecule has 0 unspecified atom stereocenters. The molecule has 1 aromatic carbocycles. The van der Waals surface area contributed by atoms with Gasteiger partial charge in [0.25, 0.3) is 0 Å². The monoisotopic (exact) mass is 219 g/mol. The van der Waals surface area contributed by atoms with Crippen molar-refractivity contribution >= 4 is 33.2 Å². The Morgan fingerprint density at radius 3 is 2.86 bits per heavy atom. The van der Waals surface area contributed by atoms with Crippen LogP contribution in [0.3, 0.4) is 0 Å². The summed E-state index contributed by atoms with van der Waals surface area (Å²) in [5, 5.41) is 10.2. The second kappa shape index (κ2) is 3.64. The molecular formula is C11H9NS2. The highest BCUT2D eigenvalue weighted by molar-refractivity contribution is 7.99. The normalized spacial score (nSPS) is 10.4. The first-order valence-corrected chi connectivity index (χ1v) is 6.27. The Labute approximate surface area is 91.4 Å². The van der Waals surface area contributed by atoms with Crippen molar-refractivity contribution in [2.75, 3.05) is 6.26 Å². The van der Waals surface area contributed by atoms with E-state index in [2.05, 4.69) is 31.2 Å². The number of nitriles is 1. The topological polar surface area (TPSA) is 23.8 Å². The Kier molecular flexibility index (Phi) is 2.49. The molecule has 0 saturated heterocycles. The first-order valence-electron chi connectivity index (χ1n) is 4.23. The summed E-state index contributed by atoms with van der Waals surface area (Å²) in [5.41, 5.74) is 1.25. The van der Waals surface area contributed by atoms with Crippen molar-refractivity contribution in [2.24, 2.45) is 0 Å². The number of rotatable bonds is 1. The number of fused-ring (bicyclic) bond motifs is 1. The van der Waals surface area contributed by atoms with Gasteiger partial charge in [-0.3, -0.25) is 0 Å². The van der Waals surface area contributed by atoms with Crippen molar-refractivity contribution in [3.63, 3.8) is 0 Å². The Bertz CT molecular complexity index is 520. The quantitative estimate of drug-likeness (QED) is 0.681. The Hall–Kier alpha value is -0.980. The maximum atomic E-state index is 8.97. The predicted octanol–water partition coefficient (Wildman–Crippen LogP) is 3.80. The molecule has 0 atom stereocenters. The minimum atomic E-state index is 0.832. The van der Waals surface area contributed by atoms with E-state index in [-0.39, 0.29) is 0 Å². The van der Waals surface area contributed by atoms with Gasteiger partial charge in [-0.2, -0.15) is 5.26 Å². The van der Waals surface area contributed by atoms with Gasteiger partial charge in [0.05, 0.1) is 0 Å². The third-order valence-corrected chi connectivity index (χ3v) is 4.12. The van der Waals surface area contributed by atoms with Crippen LogP contribution in [0.25, 0.3) is 10.1 Å². The third kappa shape index (κ3) is 1.41. The number of thiophene rings is 1. The van der Waals surface area contributed by atoms with Gasteiger partial charge in [0.2, 0.25) is 0 Å². The number of benzene rings is 1. The summed E-state index contributed by atoms with van der Waals surface area (Å²) in [6, 6.07) is 8.59. The predicted molar refractivity (Wildman–Crippen MR) is 63.1 cm³/mol. The second-order valence-electron chi connectivity index (χ2n) is 3.08. The van der Waals surface area contributed by atoms with E-state index in [0.717, 1.165) is 9.77 Å². The summed E-state index contributed by atoms with van der Waals surface area (Å²) in [6.07, 6.45) is 2.02. The fraction of sp³-hybridized carbons (Fsp3) is 0.182. The van der Waals surface area contributed by atoms with Gasteiger partial charge in [-0.15, -0.1) is 23.1 Å². The molecule has 1 nitrogen and oxygen atoms in total. The summed E-state index contributed by atoms with van der Waals surface area (Å²) < 4.78 is 1.21. The minimum absolute atomic E-state index is 0.832. The van der Waals surface area contributed by atoms with Crippen molar-refractivity contribution in [1.82, 2.24) is 0 Å². The lowest BCUT2D eigenvalue weighted by molar-refractivity contribution is 1.47. The lowest BCUT2D eigenvalue weighted by atomic mass is 10.2. The van der Waals surface area contributed by atoms with Crippen molar-refractivity contribution in [3.05, 3.63) is 28.6 Å². The highest BCUT2D eigenvalue weighted by atomic mass is 32.2. The van der Waals surface area contributed by atoms with Gasteiger partial charge in [0.1, 0.15) is 10.9 Å². The number of aryl methyl sites for hydroxylation is 1. The first kappa shape index (κ1) is 9.57. The van der Waals surface area contributed by atoms with Gasteiger partial charge in [-0.05, 0) is 24.8 Å². The van der Waals surface area contributed by atoms with E-state index in [1.54, 1.807) is 23.1 Å². The molecule has 0 spiro atoms. The van der Waals surface area contributed by atoms with Gasteiger partial charge in [-0.1, -0.05) is 12.1 Å². The van der Waals surface area contributed by atoms with Crippen LogP contribution in [0.4, 0.5) is 0 Å².